The molecular formula is C25H30N2O4. The maximum Gasteiger partial charge on any atom is 0.226 e. The van der Waals surface area contributed by atoms with Crippen LogP contribution in [0.4, 0.5) is 0 Å². The lowest BCUT2D eigenvalue weighted by atomic mass is 10.0. The van der Waals surface area contributed by atoms with Gasteiger partial charge in [0.2, 0.25) is 5.91 Å². The zero-order chi connectivity index (χ0) is 21.8. The van der Waals surface area contributed by atoms with E-state index in [1.807, 2.05) is 49.2 Å². The van der Waals surface area contributed by atoms with E-state index in [0.717, 1.165) is 40.9 Å². The number of hydrogen-bond acceptors (Lipinski definition) is 5. The van der Waals surface area contributed by atoms with Gasteiger partial charge in [-0.25, -0.2) is 0 Å². The zero-order valence-corrected chi connectivity index (χ0v) is 18.5. The molecule has 1 aliphatic heterocycles. The Hall–Kier alpha value is -2.83. The van der Waals surface area contributed by atoms with E-state index in [9.17, 15) is 4.79 Å². The second-order valence-corrected chi connectivity index (χ2v) is 8.15. The van der Waals surface area contributed by atoms with Crippen molar-refractivity contribution in [1.29, 1.82) is 0 Å². The van der Waals surface area contributed by atoms with Gasteiger partial charge in [0.1, 0.15) is 11.3 Å². The number of hydrogen-bond donors (Lipinski definition) is 0. The van der Waals surface area contributed by atoms with Gasteiger partial charge in [-0.2, -0.15) is 0 Å². The van der Waals surface area contributed by atoms with Crippen molar-refractivity contribution in [2.45, 2.75) is 19.4 Å². The summed E-state index contributed by atoms with van der Waals surface area (Å²) in [5.74, 6) is 0.908. The van der Waals surface area contributed by atoms with Gasteiger partial charge >= 0.3 is 0 Å². The fraction of sp³-hybridized carbons (Fsp3) is 0.400. The summed E-state index contributed by atoms with van der Waals surface area (Å²) >= 11 is 0. The number of morpholine rings is 1. The van der Waals surface area contributed by atoms with Crippen LogP contribution in [0, 0.1) is 6.92 Å². The third-order valence-electron chi connectivity index (χ3n) is 6.01. The second-order valence-electron chi connectivity index (χ2n) is 8.15. The quantitative estimate of drug-likeness (QED) is 0.579. The van der Waals surface area contributed by atoms with E-state index in [0.29, 0.717) is 26.2 Å². The largest absolute Gasteiger partial charge is 0.497 e. The number of carbonyl (C=O) groups excluding carboxylic acids is 1. The molecule has 0 N–H and O–H groups in total. The van der Waals surface area contributed by atoms with Crippen molar-refractivity contribution in [3.8, 4) is 5.75 Å². The van der Waals surface area contributed by atoms with Crippen molar-refractivity contribution < 1.29 is 18.7 Å². The van der Waals surface area contributed by atoms with Crippen LogP contribution in [-0.2, 0) is 16.0 Å². The molecule has 0 aliphatic carbocycles. The summed E-state index contributed by atoms with van der Waals surface area (Å²) in [6, 6.07) is 14.3. The molecule has 2 aromatic carbocycles. The number of rotatable bonds is 7. The Kier molecular flexibility index (Phi) is 6.59. The molecule has 31 heavy (non-hydrogen) atoms. The average molecular weight is 423 g/mol. The normalized spacial score (nSPS) is 15.7. The summed E-state index contributed by atoms with van der Waals surface area (Å²) in [4.78, 5) is 17.3. The topological polar surface area (TPSA) is 55.2 Å². The standard InChI is InChI=1S/C25H30N2O4/c1-18-4-9-22-20(17-31-24(22)14-18)15-25(28)26(2)16-23(27-10-12-30-13-11-27)19-5-7-21(29-3)8-6-19/h4-9,14,17,23H,10-13,15-16H2,1-3H3/t23-/m1/s1. The van der Waals surface area contributed by atoms with Gasteiger partial charge in [-0.05, 0) is 36.2 Å². The van der Waals surface area contributed by atoms with E-state index >= 15 is 0 Å². The Balaban J connectivity index is 1.50. The number of furan rings is 1. The molecule has 0 unspecified atom stereocenters. The first-order valence-corrected chi connectivity index (χ1v) is 10.7. The van der Waals surface area contributed by atoms with Crippen LogP contribution in [0.2, 0.25) is 0 Å². The van der Waals surface area contributed by atoms with E-state index in [2.05, 4.69) is 17.0 Å². The highest BCUT2D eigenvalue weighted by Gasteiger charge is 2.26. The van der Waals surface area contributed by atoms with Gasteiger partial charge in [0.15, 0.2) is 0 Å². The molecule has 0 radical (unpaired) electrons. The smallest absolute Gasteiger partial charge is 0.226 e. The minimum Gasteiger partial charge on any atom is -0.497 e. The van der Waals surface area contributed by atoms with Gasteiger partial charge in [-0.1, -0.05) is 24.3 Å². The van der Waals surface area contributed by atoms with Crippen molar-refractivity contribution in [3.63, 3.8) is 0 Å². The molecule has 4 rings (SSSR count). The van der Waals surface area contributed by atoms with Crippen molar-refractivity contribution in [1.82, 2.24) is 9.80 Å². The minimum absolute atomic E-state index is 0.0787. The third kappa shape index (κ3) is 4.92. The van der Waals surface area contributed by atoms with Gasteiger partial charge in [-0.15, -0.1) is 0 Å². The van der Waals surface area contributed by atoms with Crippen molar-refractivity contribution in [3.05, 3.63) is 65.4 Å². The number of methoxy groups -OCH3 is 1. The molecule has 1 fully saturated rings. The zero-order valence-electron chi connectivity index (χ0n) is 18.5. The maximum atomic E-state index is 13.1. The van der Waals surface area contributed by atoms with Crippen LogP contribution in [0.1, 0.15) is 22.7 Å². The molecule has 164 valence electrons. The number of amides is 1. The van der Waals surface area contributed by atoms with Gasteiger partial charge in [0.25, 0.3) is 0 Å². The highest BCUT2D eigenvalue weighted by atomic mass is 16.5. The average Bonchev–Trinajstić information content (AvgIpc) is 3.19. The van der Waals surface area contributed by atoms with Crippen LogP contribution in [0.15, 0.2) is 53.1 Å². The highest BCUT2D eigenvalue weighted by Crippen LogP contribution is 2.26. The predicted octanol–water partition coefficient (Wildman–Crippen LogP) is 3.82. The van der Waals surface area contributed by atoms with E-state index in [4.69, 9.17) is 13.9 Å². The van der Waals surface area contributed by atoms with Gasteiger partial charge in [0.05, 0.1) is 39.0 Å². The molecule has 3 aromatic rings. The number of nitrogens with zero attached hydrogens (tertiary/aromatic N) is 2. The molecular weight excluding hydrogens is 392 g/mol. The molecule has 1 aliphatic rings. The lowest BCUT2D eigenvalue weighted by Gasteiger charge is -2.37. The summed E-state index contributed by atoms with van der Waals surface area (Å²) in [7, 11) is 3.55. The Labute approximate surface area is 183 Å². The summed E-state index contributed by atoms with van der Waals surface area (Å²) < 4.78 is 16.5. The molecule has 0 spiro atoms. The molecule has 1 aromatic heterocycles. The Bertz CT molecular complexity index is 1020. The highest BCUT2D eigenvalue weighted by molar-refractivity contribution is 5.87. The van der Waals surface area contributed by atoms with Gasteiger partial charge in [0, 0.05) is 37.6 Å². The first kappa shape index (κ1) is 21.4. The summed E-state index contributed by atoms with van der Waals surface area (Å²) in [5, 5.41) is 1.01. The first-order chi connectivity index (χ1) is 15.0. The lowest BCUT2D eigenvalue weighted by molar-refractivity contribution is -0.130. The van der Waals surface area contributed by atoms with E-state index in [1.165, 1.54) is 5.56 Å². The molecule has 1 amide bonds. The SMILES string of the molecule is COc1ccc([C@@H](CN(C)C(=O)Cc2coc3cc(C)ccc23)N2CCOCC2)cc1. The fourth-order valence-corrected chi connectivity index (χ4v) is 4.13. The Morgan fingerprint density at radius 3 is 2.61 bits per heavy atom. The summed E-state index contributed by atoms with van der Waals surface area (Å²) in [6.07, 6.45) is 2.03. The molecule has 1 atom stereocenters. The van der Waals surface area contributed by atoms with Crippen LogP contribution >= 0.6 is 0 Å². The monoisotopic (exact) mass is 422 g/mol. The van der Waals surface area contributed by atoms with Gasteiger partial charge < -0.3 is 18.8 Å². The van der Waals surface area contributed by atoms with Crippen molar-refractivity contribution >= 4 is 16.9 Å². The van der Waals surface area contributed by atoms with E-state index in [-0.39, 0.29) is 11.9 Å². The molecule has 0 saturated carbocycles. The van der Waals surface area contributed by atoms with E-state index in [1.54, 1.807) is 13.4 Å². The van der Waals surface area contributed by atoms with Crippen LogP contribution in [0.3, 0.4) is 0 Å². The van der Waals surface area contributed by atoms with Crippen LogP contribution in [-0.4, -0.2) is 62.7 Å². The number of ether oxygens (including phenoxy) is 2. The minimum atomic E-state index is 0.0787. The number of fused-ring (bicyclic) bond motifs is 1. The third-order valence-corrected chi connectivity index (χ3v) is 6.01. The maximum absolute atomic E-state index is 13.1. The fourth-order valence-electron chi connectivity index (χ4n) is 4.13. The van der Waals surface area contributed by atoms with E-state index < -0.39 is 0 Å². The number of carbonyl (C=O) groups is 1. The Morgan fingerprint density at radius 1 is 1.16 bits per heavy atom. The van der Waals surface area contributed by atoms with Gasteiger partial charge in [-0.3, -0.25) is 9.69 Å². The number of likely N-dealkylation sites (N-methyl/N-ethyl adjacent to an activating group) is 1. The Morgan fingerprint density at radius 2 is 1.90 bits per heavy atom. The lowest BCUT2D eigenvalue weighted by Crippen LogP contribution is -2.44. The van der Waals surface area contributed by atoms with Crippen LogP contribution < -0.4 is 4.74 Å². The molecule has 6 nitrogen and oxygen atoms in total. The molecule has 2 heterocycles. The second kappa shape index (κ2) is 9.54. The van der Waals surface area contributed by atoms with Crippen LogP contribution in [0.5, 0.6) is 5.75 Å². The number of benzene rings is 2. The number of aryl methyl sites for hydroxylation is 1. The first-order valence-electron chi connectivity index (χ1n) is 10.7. The molecule has 1 saturated heterocycles. The summed E-state index contributed by atoms with van der Waals surface area (Å²) in [5.41, 5.74) is 4.07. The predicted molar refractivity (Wildman–Crippen MR) is 120 cm³/mol. The molecule has 0 bridgehead atoms. The summed E-state index contributed by atoms with van der Waals surface area (Å²) in [6.45, 7) is 5.77. The molecule has 6 heteroatoms. The van der Waals surface area contributed by atoms with Crippen molar-refractivity contribution in [2.75, 3.05) is 47.0 Å². The van der Waals surface area contributed by atoms with Crippen molar-refractivity contribution in [2.24, 2.45) is 0 Å². The van der Waals surface area contributed by atoms with Crippen LogP contribution in [0.25, 0.3) is 11.0 Å².